The average molecular weight is 498 g/mol. The molecule has 2 aromatic carbocycles. The zero-order chi connectivity index (χ0) is 21.3. The number of benzene rings is 2. The largest absolute Gasteiger partial charge is 0.322 e. The van der Waals surface area contributed by atoms with Gasteiger partial charge >= 0.3 is 0 Å². The van der Waals surface area contributed by atoms with Gasteiger partial charge in [0.1, 0.15) is 5.15 Å². The van der Waals surface area contributed by atoms with Crippen LogP contribution in [0.5, 0.6) is 0 Å². The highest BCUT2D eigenvalue weighted by Crippen LogP contribution is 2.25. The SMILES string of the molecule is Cc1ccc(NC(=O)c2c(C)nn(C)c2Cl)cc1S(=O)(=O)Nc1ccc(Br)cc1. The van der Waals surface area contributed by atoms with E-state index in [9.17, 15) is 13.2 Å². The van der Waals surface area contributed by atoms with Crippen LogP contribution >= 0.6 is 27.5 Å². The van der Waals surface area contributed by atoms with Crippen LogP contribution < -0.4 is 10.0 Å². The Morgan fingerprint density at radius 1 is 1.10 bits per heavy atom. The second-order valence-electron chi connectivity index (χ2n) is 6.42. The summed E-state index contributed by atoms with van der Waals surface area (Å²) < 4.78 is 30.5. The molecule has 1 amide bonds. The van der Waals surface area contributed by atoms with Gasteiger partial charge in [-0.15, -0.1) is 0 Å². The van der Waals surface area contributed by atoms with Crippen LogP contribution in [0.1, 0.15) is 21.6 Å². The molecule has 0 atom stereocenters. The first-order valence-corrected chi connectivity index (χ1v) is 11.1. The molecule has 0 radical (unpaired) electrons. The van der Waals surface area contributed by atoms with Gasteiger partial charge in [0.25, 0.3) is 15.9 Å². The van der Waals surface area contributed by atoms with Crippen molar-refractivity contribution in [1.29, 1.82) is 0 Å². The normalized spacial score (nSPS) is 11.3. The lowest BCUT2D eigenvalue weighted by Gasteiger charge is -2.13. The van der Waals surface area contributed by atoms with E-state index in [1.807, 2.05) is 0 Å². The highest BCUT2D eigenvalue weighted by Gasteiger charge is 2.21. The molecule has 152 valence electrons. The number of halogens is 2. The van der Waals surface area contributed by atoms with Gasteiger partial charge in [0.05, 0.1) is 16.2 Å². The first kappa shape index (κ1) is 21.4. The Morgan fingerprint density at radius 2 is 1.72 bits per heavy atom. The van der Waals surface area contributed by atoms with Crippen LogP contribution in [0.15, 0.2) is 51.8 Å². The van der Waals surface area contributed by atoms with E-state index in [2.05, 4.69) is 31.1 Å². The maximum Gasteiger partial charge on any atom is 0.262 e. The molecule has 0 spiro atoms. The Balaban J connectivity index is 1.89. The van der Waals surface area contributed by atoms with E-state index in [1.165, 1.54) is 10.7 Å². The molecule has 7 nitrogen and oxygen atoms in total. The molecular weight excluding hydrogens is 480 g/mol. The number of hydrogen-bond acceptors (Lipinski definition) is 4. The monoisotopic (exact) mass is 496 g/mol. The van der Waals surface area contributed by atoms with Gasteiger partial charge in [0, 0.05) is 22.9 Å². The molecule has 1 aromatic heterocycles. The summed E-state index contributed by atoms with van der Waals surface area (Å²) in [6, 6.07) is 11.4. The maximum atomic E-state index is 12.9. The maximum absolute atomic E-state index is 12.9. The minimum atomic E-state index is -3.85. The first-order chi connectivity index (χ1) is 13.6. The van der Waals surface area contributed by atoms with Crippen molar-refractivity contribution in [1.82, 2.24) is 9.78 Å². The fourth-order valence-electron chi connectivity index (χ4n) is 2.78. The number of anilines is 2. The molecule has 3 rings (SSSR count). The highest BCUT2D eigenvalue weighted by molar-refractivity contribution is 9.10. The Kier molecular flexibility index (Phi) is 6.02. The van der Waals surface area contributed by atoms with Gasteiger partial charge in [-0.3, -0.25) is 14.2 Å². The van der Waals surface area contributed by atoms with E-state index in [-0.39, 0.29) is 15.6 Å². The summed E-state index contributed by atoms with van der Waals surface area (Å²) in [6.45, 7) is 3.36. The molecule has 10 heteroatoms. The third kappa shape index (κ3) is 4.63. The molecule has 1 heterocycles. The second kappa shape index (κ2) is 8.17. The van der Waals surface area contributed by atoms with Crippen molar-refractivity contribution >= 4 is 54.8 Å². The molecule has 0 aliphatic heterocycles. The third-order valence-electron chi connectivity index (χ3n) is 4.21. The van der Waals surface area contributed by atoms with Crippen LogP contribution in [-0.4, -0.2) is 24.1 Å². The number of carbonyl (C=O) groups is 1. The topological polar surface area (TPSA) is 93.1 Å². The zero-order valence-corrected chi connectivity index (χ0v) is 19.0. The van der Waals surface area contributed by atoms with Crippen molar-refractivity contribution in [3.8, 4) is 0 Å². The van der Waals surface area contributed by atoms with Gasteiger partial charge in [-0.1, -0.05) is 33.6 Å². The van der Waals surface area contributed by atoms with Gasteiger partial charge in [0.15, 0.2) is 0 Å². The molecule has 29 heavy (non-hydrogen) atoms. The number of sulfonamides is 1. The van der Waals surface area contributed by atoms with E-state index >= 15 is 0 Å². The Bertz CT molecular complexity index is 1190. The summed E-state index contributed by atoms with van der Waals surface area (Å²) in [5, 5.41) is 7.01. The summed E-state index contributed by atoms with van der Waals surface area (Å²) in [6.07, 6.45) is 0. The Morgan fingerprint density at radius 3 is 2.31 bits per heavy atom. The van der Waals surface area contributed by atoms with Crippen LogP contribution in [0.4, 0.5) is 11.4 Å². The number of aryl methyl sites for hydroxylation is 3. The average Bonchev–Trinajstić information content (AvgIpc) is 2.90. The summed E-state index contributed by atoms with van der Waals surface area (Å²) in [4.78, 5) is 12.7. The summed E-state index contributed by atoms with van der Waals surface area (Å²) in [7, 11) is -2.22. The highest BCUT2D eigenvalue weighted by atomic mass is 79.9. The molecular formula is C19H18BrClN4O3S. The number of carbonyl (C=O) groups excluding carboxylic acids is 1. The molecule has 0 saturated carbocycles. The smallest absolute Gasteiger partial charge is 0.262 e. The van der Waals surface area contributed by atoms with Gasteiger partial charge in [-0.05, 0) is 55.8 Å². The van der Waals surface area contributed by atoms with Crippen LogP contribution in [0.3, 0.4) is 0 Å². The molecule has 0 unspecified atom stereocenters. The molecule has 0 bridgehead atoms. The molecule has 0 aliphatic carbocycles. The van der Waals surface area contributed by atoms with Crippen molar-refractivity contribution in [3.63, 3.8) is 0 Å². The molecule has 0 saturated heterocycles. The predicted molar refractivity (Wildman–Crippen MR) is 117 cm³/mol. The number of nitrogens with zero attached hydrogens (tertiary/aromatic N) is 2. The summed E-state index contributed by atoms with van der Waals surface area (Å²) in [5.74, 6) is -0.464. The van der Waals surface area contributed by atoms with Crippen molar-refractivity contribution in [2.75, 3.05) is 10.0 Å². The van der Waals surface area contributed by atoms with Gasteiger partial charge in [0.2, 0.25) is 0 Å². The van der Waals surface area contributed by atoms with Crippen LogP contribution in [-0.2, 0) is 17.1 Å². The van der Waals surface area contributed by atoms with E-state index in [4.69, 9.17) is 11.6 Å². The van der Waals surface area contributed by atoms with Crippen molar-refractivity contribution in [2.24, 2.45) is 7.05 Å². The minimum absolute atomic E-state index is 0.0622. The lowest BCUT2D eigenvalue weighted by atomic mass is 10.2. The third-order valence-corrected chi connectivity index (χ3v) is 6.70. The lowest BCUT2D eigenvalue weighted by molar-refractivity contribution is 0.102. The van der Waals surface area contributed by atoms with Crippen LogP contribution in [0.2, 0.25) is 5.15 Å². The fraction of sp³-hybridized carbons (Fsp3) is 0.158. The Hall–Kier alpha value is -2.36. The number of nitrogens with one attached hydrogen (secondary N) is 2. The van der Waals surface area contributed by atoms with E-state index in [0.29, 0.717) is 22.6 Å². The predicted octanol–water partition coefficient (Wildman–Crippen LogP) is 4.51. The van der Waals surface area contributed by atoms with Crippen molar-refractivity contribution in [2.45, 2.75) is 18.7 Å². The van der Waals surface area contributed by atoms with Crippen molar-refractivity contribution in [3.05, 3.63) is 68.9 Å². The summed E-state index contributed by atoms with van der Waals surface area (Å²) in [5.41, 5.74) is 2.03. The van der Waals surface area contributed by atoms with E-state index in [0.717, 1.165) is 4.47 Å². The van der Waals surface area contributed by atoms with Crippen LogP contribution in [0, 0.1) is 13.8 Å². The van der Waals surface area contributed by atoms with E-state index in [1.54, 1.807) is 57.3 Å². The standard InChI is InChI=1S/C19H18BrClN4O3S/c1-11-4-7-15(22-19(26)17-12(2)23-25(3)18(17)21)10-16(11)29(27,28)24-14-8-5-13(20)6-9-14/h4-10,24H,1-3H3,(H,22,26). The van der Waals surface area contributed by atoms with Gasteiger partial charge in [-0.25, -0.2) is 8.42 Å². The molecule has 2 N–H and O–H groups in total. The Labute approximate surface area is 182 Å². The quantitative estimate of drug-likeness (QED) is 0.542. The van der Waals surface area contributed by atoms with Crippen LogP contribution in [0.25, 0.3) is 0 Å². The number of aromatic nitrogens is 2. The first-order valence-electron chi connectivity index (χ1n) is 8.48. The lowest BCUT2D eigenvalue weighted by Crippen LogP contribution is -2.16. The number of hydrogen-bond donors (Lipinski definition) is 2. The fourth-order valence-corrected chi connectivity index (χ4v) is 4.63. The van der Waals surface area contributed by atoms with E-state index < -0.39 is 15.9 Å². The van der Waals surface area contributed by atoms with Gasteiger partial charge < -0.3 is 5.32 Å². The number of rotatable bonds is 5. The second-order valence-corrected chi connectivity index (χ2v) is 9.35. The number of amides is 1. The zero-order valence-electron chi connectivity index (χ0n) is 15.8. The minimum Gasteiger partial charge on any atom is -0.322 e. The molecule has 0 aliphatic rings. The summed E-state index contributed by atoms with van der Waals surface area (Å²) >= 11 is 9.45. The molecule has 0 fully saturated rings. The van der Waals surface area contributed by atoms with Gasteiger partial charge in [-0.2, -0.15) is 5.10 Å². The molecule has 3 aromatic rings. The van der Waals surface area contributed by atoms with Crippen molar-refractivity contribution < 1.29 is 13.2 Å².